The quantitative estimate of drug-likeness (QED) is 0.189. The van der Waals surface area contributed by atoms with Gasteiger partial charge in [0.05, 0.1) is 6.42 Å². The Bertz CT molecular complexity index is 1160. The summed E-state index contributed by atoms with van der Waals surface area (Å²) in [5, 5.41) is 3.13. The summed E-state index contributed by atoms with van der Waals surface area (Å²) in [6, 6.07) is 10.7. The van der Waals surface area contributed by atoms with Crippen LogP contribution >= 0.6 is 11.6 Å². The highest BCUT2D eigenvalue weighted by molar-refractivity contribution is 6.30. The zero-order chi connectivity index (χ0) is 29.3. The minimum atomic E-state index is -1.17. The van der Waals surface area contributed by atoms with E-state index in [2.05, 4.69) is 5.32 Å². The molecule has 2 unspecified atom stereocenters. The molecule has 0 aliphatic heterocycles. The summed E-state index contributed by atoms with van der Waals surface area (Å²) in [5.74, 6) is -1.08. The number of hydrogen-bond donors (Lipinski definition) is 1. The van der Waals surface area contributed by atoms with Crippen molar-refractivity contribution in [1.82, 2.24) is 5.32 Å². The van der Waals surface area contributed by atoms with Crippen molar-refractivity contribution in [2.75, 3.05) is 0 Å². The van der Waals surface area contributed by atoms with Gasteiger partial charge in [-0.25, -0.2) is 14.0 Å². The second-order valence-electron chi connectivity index (χ2n) is 10.9. The van der Waals surface area contributed by atoms with Gasteiger partial charge < -0.3 is 24.3 Å². The molecule has 40 heavy (non-hydrogen) atoms. The standard InChI is InChI=1S/C30H37ClFNO7/c1-19(38-29(36)39-24-8-6-5-7-9-24)37-27(34)18-23(33-28(35)40-30(2,3)4)16-20-10-12-21(13-11-20)25-17-22(31)14-15-26(25)32/h10-15,17,19,23-24H,5-9,16,18H2,1-4H3,(H,33,35). The zero-order valence-electron chi connectivity index (χ0n) is 23.3. The van der Waals surface area contributed by atoms with Gasteiger partial charge in [0, 0.05) is 23.6 Å². The summed E-state index contributed by atoms with van der Waals surface area (Å²) < 4.78 is 35.3. The van der Waals surface area contributed by atoms with Crippen LogP contribution in [0.4, 0.5) is 14.0 Å². The molecule has 218 valence electrons. The highest BCUT2D eigenvalue weighted by atomic mass is 35.5. The second-order valence-corrected chi connectivity index (χ2v) is 11.3. The summed E-state index contributed by atoms with van der Waals surface area (Å²) in [4.78, 5) is 37.3. The van der Waals surface area contributed by atoms with Gasteiger partial charge in [-0.05, 0) is 82.2 Å². The van der Waals surface area contributed by atoms with Gasteiger partial charge in [0.1, 0.15) is 17.5 Å². The Morgan fingerprint density at radius 3 is 2.35 bits per heavy atom. The second kappa shape index (κ2) is 14.3. The van der Waals surface area contributed by atoms with Gasteiger partial charge in [0.25, 0.3) is 0 Å². The molecule has 10 heteroatoms. The number of alkyl carbamates (subject to hydrolysis) is 1. The topological polar surface area (TPSA) is 100 Å². The number of halogens is 2. The Kier molecular flexibility index (Phi) is 11.2. The largest absolute Gasteiger partial charge is 0.511 e. The molecule has 0 saturated heterocycles. The third kappa shape index (κ3) is 10.7. The van der Waals surface area contributed by atoms with Gasteiger partial charge in [-0.2, -0.15) is 0 Å². The molecule has 2 aromatic rings. The van der Waals surface area contributed by atoms with Crippen molar-refractivity contribution < 1.29 is 37.7 Å². The van der Waals surface area contributed by atoms with Crippen molar-refractivity contribution in [1.29, 1.82) is 0 Å². The molecule has 1 N–H and O–H groups in total. The van der Waals surface area contributed by atoms with Crippen molar-refractivity contribution in [3.8, 4) is 11.1 Å². The van der Waals surface area contributed by atoms with Crippen molar-refractivity contribution in [2.45, 2.75) is 96.7 Å². The molecule has 3 rings (SSSR count). The Balaban J connectivity index is 1.62. The molecule has 0 radical (unpaired) electrons. The van der Waals surface area contributed by atoms with E-state index in [1.54, 1.807) is 51.1 Å². The van der Waals surface area contributed by atoms with Crippen LogP contribution in [0, 0.1) is 5.82 Å². The first kappa shape index (κ1) is 31.2. The molecule has 0 spiro atoms. The van der Waals surface area contributed by atoms with Crippen LogP contribution in [0.25, 0.3) is 11.1 Å². The molecule has 1 aliphatic carbocycles. The number of benzene rings is 2. The predicted molar refractivity (Wildman–Crippen MR) is 148 cm³/mol. The summed E-state index contributed by atoms with van der Waals surface area (Å²) in [7, 11) is 0. The van der Waals surface area contributed by atoms with E-state index >= 15 is 0 Å². The lowest BCUT2D eigenvalue weighted by Gasteiger charge is -2.24. The number of rotatable bonds is 9. The normalized spacial score (nSPS) is 15.4. The Labute approximate surface area is 239 Å². The number of hydrogen-bond acceptors (Lipinski definition) is 7. The Morgan fingerprint density at radius 1 is 1.02 bits per heavy atom. The fraction of sp³-hybridized carbons (Fsp3) is 0.500. The van der Waals surface area contributed by atoms with Crippen molar-refractivity contribution in [3.63, 3.8) is 0 Å². The predicted octanol–water partition coefficient (Wildman–Crippen LogP) is 7.35. The highest BCUT2D eigenvalue weighted by Gasteiger charge is 2.25. The van der Waals surface area contributed by atoms with Crippen LogP contribution in [0.3, 0.4) is 0 Å². The van der Waals surface area contributed by atoms with E-state index in [1.165, 1.54) is 19.1 Å². The summed E-state index contributed by atoms with van der Waals surface area (Å²) in [6.07, 6.45) is 1.80. The van der Waals surface area contributed by atoms with Crippen molar-refractivity contribution in [3.05, 3.63) is 58.9 Å². The first-order valence-corrected chi connectivity index (χ1v) is 13.9. The maximum Gasteiger partial charge on any atom is 0.511 e. The van der Waals surface area contributed by atoms with Crippen molar-refractivity contribution in [2.24, 2.45) is 0 Å². The molecule has 1 fully saturated rings. The van der Waals surface area contributed by atoms with Crippen molar-refractivity contribution >= 4 is 29.8 Å². The van der Waals surface area contributed by atoms with Gasteiger partial charge in [-0.1, -0.05) is 42.3 Å². The Morgan fingerprint density at radius 2 is 1.70 bits per heavy atom. The van der Waals surface area contributed by atoms with Gasteiger partial charge in [0.2, 0.25) is 6.29 Å². The number of nitrogens with one attached hydrogen (secondary N) is 1. The van der Waals surface area contributed by atoms with Gasteiger partial charge in [-0.3, -0.25) is 4.79 Å². The summed E-state index contributed by atoms with van der Waals surface area (Å²) in [5.41, 5.74) is 1.03. The number of ether oxygens (including phenoxy) is 4. The molecular weight excluding hydrogens is 541 g/mol. The molecule has 1 saturated carbocycles. The minimum absolute atomic E-state index is 0.187. The van der Waals surface area contributed by atoms with E-state index in [0.717, 1.165) is 37.7 Å². The van der Waals surface area contributed by atoms with Crippen LogP contribution < -0.4 is 5.32 Å². The molecule has 0 heterocycles. The third-order valence-electron chi connectivity index (χ3n) is 6.18. The van der Waals surface area contributed by atoms with Crippen LogP contribution in [0.5, 0.6) is 0 Å². The maximum absolute atomic E-state index is 14.3. The van der Waals surface area contributed by atoms with E-state index in [0.29, 0.717) is 16.1 Å². The van der Waals surface area contributed by atoms with E-state index in [1.807, 2.05) is 0 Å². The molecule has 2 aromatic carbocycles. The zero-order valence-corrected chi connectivity index (χ0v) is 24.1. The van der Waals surface area contributed by atoms with Crippen LogP contribution in [-0.4, -0.2) is 42.3 Å². The molecule has 0 aromatic heterocycles. The number of amides is 1. The molecule has 1 aliphatic rings. The van der Waals surface area contributed by atoms with E-state index < -0.39 is 42.0 Å². The monoisotopic (exact) mass is 577 g/mol. The van der Waals surface area contributed by atoms with Crippen LogP contribution in [-0.2, 0) is 30.2 Å². The van der Waals surface area contributed by atoms with Crippen LogP contribution in [0.1, 0.15) is 71.8 Å². The summed E-state index contributed by atoms with van der Waals surface area (Å²) in [6.45, 7) is 6.61. The first-order valence-electron chi connectivity index (χ1n) is 13.5. The van der Waals surface area contributed by atoms with Crippen LogP contribution in [0.2, 0.25) is 5.02 Å². The summed E-state index contributed by atoms with van der Waals surface area (Å²) >= 11 is 6.02. The average molecular weight is 578 g/mol. The fourth-order valence-electron chi connectivity index (χ4n) is 4.41. The lowest BCUT2D eigenvalue weighted by atomic mass is 9.98. The van der Waals surface area contributed by atoms with Gasteiger partial charge >= 0.3 is 18.2 Å². The average Bonchev–Trinajstić information content (AvgIpc) is 2.85. The number of carbonyl (C=O) groups is 3. The molecule has 1 amide bonds. The van der Waals surface area contributed by atoms with E-state index in [9.17, 15) is 18.8 Å². The minimum Gasteiger partial charge on any atom is -0.444 e. The van der Waals surface area contributed by atoms with Crippen LogP contribution in [0.15, 0.2) is 42.5 Å². The number of esters is 1. The maximum atomic E-state index is 14.3. The Hall–Kier alpha value is -3.33. The molecule has 2 atom stereocenters. The number of carbonyl (C=O) groups excluding carboxylic acids is 3. The SMILES string of the molecule is CC(OC(=O)CC(Cc1ccc(-c2cc(Cl)ccc2F)cc1)NC(=O)OC(C)(C)C)OC(=O)OC1CCCCC1. The first-order chi connectivity index (χ1) is 18.9. The third-order valence-corrected chi connectivity index (χ3v) is 6.42. The van der Waals surface area contributed by atoms with Gasteiger partial charge in [-0.15, -0.1) is 0 Å². The van der Waals surface area contributed by atoms with E-state index in [4.69, 9.17) is 30.5 Å². The fourth-order valence-corrected chi connectivity index (χ4v) is 4.58. The van der Waals surface area contributed by atoms with E-state index in [-0.39, 0.29) is 18.9 Å². The van der Waals surface area contributed by atoms with Gasteiger partial charge in [0.15, 0.2) is 0 Å². The highest BCUT2D eigenvalue weighted by Crippen LogP contribution is 2.27. The smallest absolute Gasteiger partial charge is 0.444 e. The lowest BCUT2D eigenvalue weighted by Crippen LogP contribution is -2.42. The molecule has 0 bridgehead atoms. The lowest BCUT2D eigenvalue weighted by molar-refractivity contribution is -0.169. The molecule has 8 nitrogen and oxygen atoms in total. The molecular formula is C30H37ClFNO7.